The zero-order chi connectivity index (χ0) is 21.2. The Kier molecular flexibility index (Phi) is 5.00. The molecule has 1 aliphatic rings. The fourth-order valence-corrected chi connectivity index (χ4v) is 3.45. The number of nitrogen functional groups attached to an aromatic ring is 1. The van der Waals surface area contributed by atoms with Crippen molar-refractivity contribution in [1.29, 1.82) is 0 Å². The second-order valence-electron chi connectivity index (χ2n) is 7.10. The monoisotopic (exact) mass is 421 g/mol. The number of aromatic amines is 1. The van der Waals surface area contributed by atoms with Gasteiger partial charge in [0.05, 0.1) is 5.69 Å². The van der Waals surface area contributed by atoms with Crippen LogP contribution in [0.1, 0.15) is 5.69 Å². The van der Waals surface area contributed by atoms with Gasteiger partial charge in [0.1, 0.15) is 29.8 Å². The standard InChI is InChI=1S/C20H20FN9O/c21-13-2-3-14(12-1-4-18(24-10-12)30-7-5-23-6-8-30)25-15(13)11-31-16-9-17(22)26-20-19(16)27-29-28-20/h1-4,9-10,23H,5-8,11H2,(H3,22,26,27,28,29). The molecule has 1 aliphatic heterocycles. The molecular weight excluding hydrogens is 401 g/mol. The third-order valence-electron chi connectivity index (χ3n) is 5.04. The lowest BCUT2D eigenvalue weighted by Gasteiger charge is -2.28. The molecule has 0 spiro atoms. The van der Waals surface area contributed by atoms with Crippen molar-refractivity contribution in [3.8, 4) is 17.0 Å². The zero-order valence-electron chi connectivity index (χ0n) is 16.5. The van der Waals surface area contributed by atoms with E-state index in [4.69, 9.17) is 10.5 Å². The Morgan fingerprint density at radius 3 is 2.77 bits per heavy atom. The molecule has 0 saturated carbocycles. The van der Waals surface area contributed by atoms with E-state index in [2.05, 4.69) is 40.6 Å². The molecule has 1 fully saturated rings. The molecule has 0 atom stereocenters. The predicted molar refractivity (Wildman–Crippen MR) is 113 cm³/mol. The molecule has 0 bridgehead atoms. The summed E-state index contributed by atoms with van der Waals surface area (Å²) in [5.41, 5.74) is 8.09. The fourth-order valence-electron chi connectivity index (χ4n) is 3.45. The van der Waals surface area contributed by atoms with Gasteiger partial charge in [-0.2, -0.15) is 10.3 Å². The number of nitrogens with two attached hydrogens (primary N) is 1. The number of piperazine rings is 1. The van der Waals surface area contributed by atoms with Crippen molar-refractivity contribution in [2.75, 3.05) is 36.8 Å². The van der Waals surface area contributed by atoms with Gasteiger partial charge < -0.3 is 20.7 Å². The van der Waals surface area contributed by atoms with E-state index in [1.54, 1.807) is 12.3 Å². The summed E-state index contributed by atoms with van der Waals surface area (Å²) in [5, 5.41) is 13.7. The summed E-state index contributed by atoms with van der Waals surface area (Å²) in [7, 11) is 0. The molecule has 4 N–H and O–H groups in total. The number of hydrogen-bond acceptors (Lipinski definition) is 9. The summed E-state index contributed by atoms with van der Waals surface area (Å²) in [6, 6.07) is 8.42. The van der Waals surface area contributed by atoms with Gasteiger partial charge in [-0.05, 0) is 24.3 Å². The molecule has 11 heteroatoms. The lowest BCUT2D eigenvalue weighted by atomic mass is 10.1. The number of ether oxygens (including phenoxy) is 1. The van der Waals surface area contributed by atoms with Gasteiger partial charge in [-0.3, -0.25) is 0 Å². The number of pyridine rings is 3. The largest absolute Gasteiger partial charge is 0.485 e. The second kappa shape index (κ2) is 8.11. The van der Waals surface area contributed by atoms with Crippen molar-refractivity contribution in [3.63, 3.8) is 0 Å². The van der Waals surface area contributed by atoms with Crippen molar-refractivity contribution >= 4 is 22.8 Å². The Balaban J connectivity index is 1.36. The van der Waals surface area contributed by atoms with Crippen molar-refractivity contribution in [3.05, 3.63) is 48.0 Å². The van der Waals surface area contributed by atoms with Gasteiger partial charge in [-0.15, -0.1) is 5.10 Å². The number of rotatable bonds is 5. The molecule has 0 aliphatic carbocycles. The van der Waals surface area contributed by atoms with E-state index in [9.17, 15) is 4.39 Å². The highest BCUT2D eigenvalue weighted by atomic mass is 19.1. The molecule has 4 aromatic heterocycles. The average Bonchev–Trinajstić information content (AvgIpc) is 3.28. The van der Waals surface area contributed by atoms with Crippen LogP contribution in [0, 0.1) is 5.82 Å². The Morgan fingerprint density at radius 1 is 1.10 bits per heavy atom. The Morgan fingerprint density at radius 2 is 1.97 bits per heavy atom. The molecule has 158 valence electrons. The van der Waals surface area contributed by atoms with Crippen LogP contribution in [-0.2, 0) is 6.61 Å². The quantitative estimate of drug-likeness (QED) is 0.439. The van der Waals surface area contributed by atoms with Crippen LogP contribution in [0.15, 0.2) is 36.5 Å². The van der Waals surface area contributed by atoms with Gasteiger partial charge in [0, 0.05) is 44.0 Å². The van der Waals surface area contributed by atoms with Crippen LogP contribution in [0.4, 0.5) is 16.0 Å². The minimum Gasteiger partial charge on any atom is -0.485 e. The molecule has 0 radical (unpaired) electrons. The number of nitrogens with one attached hydrogen (secondary N) is 2. The topological polar surface area (TPSA) is 131 Å². The summed E-state index contributed by atoms with van der Waals surface area (Å²) in [6.45, 7) is 3.62. The fraction of sp³-hybridized carbons (Fsp3) is 0.250. The number of anilines is 2. The van der Waals surface area contributed by atoms with Crippen LogP contribution in [0.5, 0.6) is 5.75 Å². The number of nitrogens with zero attached hydrogens (tertiary/aromatic N) is 6. The SMILES string of the molecule is Nc1cc(OCc2nc(-c3ccc(N4CCNCC4)nc3)ccc2F)c2n[nH]nc2n1. The molecule has 4 aromatic rings. The third-order valence-corrected chi connectivity index (χ3v) is 5.04. The number of fused-ring (bicyclic) bond motifs is 1. The number of H-pyrrole nitrogens is 1. The molecule has 1 saturated heterocycles. The highest BCUT2D eigenvalue weighted by molar-refractivity contribution is 5.78. The first-order valence-corrected chi connectivity index (χ1v) is 9.85. The summed E-state index contributed by atoms with van der Waals surface area (Å²) in [6.07, 6.45) is 1.75. The van der Waals surface area contributed by atoms with Crippen LogP contribution >= 0.6 is 0 Å². The molecule has 0 amide bonds. The van der Waals surface area contributed by atoms with Crippen molar-refractivity contribution in [2.24, 2.45) is 0 Å². The van der Waals surface area contributed by atoms with E-state index in [0.717, 1.165) is 37.6 Å². The lowest BCUT2D eigenvalue weighted by molar-refractivity contribution is 0.297. The van der Waals surface area contributed by atoms with Crippen molar-refractivity contribution < 1.29 is 9.13 Å². The zero-order valence-corrected chi connectivity index (χ0v) is 16.5. The molecule has 31 heavy (non-hydrogen) atoms. The average molecular weight is 421 g/mol. The maximum atomic E-state index is 14.4. The smallest absolute Gasteiger partial charge is 0.207 e. The first-order chi connectivity index (χ1) is 15.2. The van der Waals surface area contributed by atoms with E-state index in [1.807, 2.05) is 12.1 Å². The minimum absolute atomic E-state index is 0.0998. The van der Waals surface area contributed by atoms with Gasteiger partial charge in [0.15, 0.2) is 11.3 Å². The van der Waals surface area contributed by atoms with Gasteiger partial charge >= 0.3 is 0 Å². The first kappa shape index (κ1) is 19.1. The second-order valence-corrected chi connectivity index (χ2v) is 7.10. The summed E-state index contributed by atoms with van der Waals surface area (Å²) >= 11 is 0. The van der Waals surface area contributed by atoms with E-state index in [1.165, 1.54) is 12.1 Å². The van der Waals surface area contributed by atoms with E-state index < -0.39 is 5.82 Å². The number of aromatic nitrogens is 6. The van der Waals surface area contributed by atoms with Gasteiger partial charge in [-0.1, -0.05) is 0 Å². The van der Waals surface area contributed by atoms with Crippen LogP contribution in [0.3, 0.4) is 0 Å². The van der Waals surface area contributed by atoms with Crippen molar-refractivity contribution in [1.82, 2.24) is 35.7 Å². The van der Waals surface area contributed by atoms with E-state index >= 15 is 0 Å². The Hall–Kier alpha value is -3.86. The van der Waals surface area contributed by atoms with Gasteiger partial charge in [0.25, 0.3) is 0 Å². The summed E-state index contributed by atoms with van der Waals surface area (Å²) in [5.74, 6) is 1.04. The van der Waals surface area contributed by atoms with Crippen LogP contribution < -0.4 is 20.7 Å². The normalized spacial score (nSPS) is 14.2. The van der Waals surface area contributed by atoms with E-state index in [0.29, 0.717) is 22.6 Å². The molecular formula is C20H20FN9O. The summed E-state index contributed by atoms with van der Waals surface area (Å²) < 4.78 is 20.1. The molecule has 0 unspecified atom stereocenters. The van der Waals surface area contributed by atoms with Crippen molar-refractivity contribution in [2.45, 2.75) is 6.61 Å². The maximum Gasteiger partial charge on any atom is 0.207 e. The van der Waals surface area contributed by atoms with Gasteiger partial charge in [-0.25, -0.2) is 19.3 Å². The molecule has 10 nitrogen and oxygen atoms in total. The van der Waals surface area contributed by atoms with Crippen LogP contribution in [0.25, 0.3) is 22.4 Å². The maximum absolute atomic E-state index is 14.4. The Bertz CT molecular complexity index is 1210. The van der Waals surface area contributed by atoms with Crippen LogP contribution in [-0.4, -0.2) is 56.5 Å². The molecule has 5 rings (SSSR count). The minimum atomic E-state index is -0.465. The molecule has 0 aromatic carbocycles. The van der Waals surface area contributed by atoms with Crippen LogP contribution in [0.2, 0.25) is 0 Å². The predicted octanol–water partition coefficient (Wildman–Crippen LogP) is 1.52. The third kappa shape index (κ3) is 3.94. The Labute approximate surface area is 176 Å². The van der Waals surface area contributed by atoms with Gasteiger partial charge in [0.2, 0.25) is 5.65 Å². The first-order valence-electron chi connectivity index (χ1n) is 9.85. The summed E-state index contributed by atoms with van der Waals surface area (Å²) in [4.78, 5) is 15.3. The highest BCUT2D eigenvalue weighted by Gasteiger charge is 2.14. The number of halogens is 1. The van der Waals surface area contributed by atoms with E-state index in [-0.39, 0.29) is 18.1 Å². The lowest BCUT2D eigenvalue weighted by Crippen LogP contribution is -2.43. The highest BCUT2D eigenvalue weighted by Crippen LogP contribution is 2.25. The number of hydrogen-bond donors (Lipinski definition) is 3. The molecule has 5 heterocycles.